The summed E-state index contributed by atoms with van der Waals surface area (Å²) < 4.78 is 26.8. The molecule has 1 aromatic heterocycles. The molecule has 7 nitrogen and oxygen atoms in total. The van der Waals surface area contributed by atoms with Crippen molar-refractivity contribution in [3.8, 4) is 0 Å². The summed E-state index contributed by atoms with van der Waals surface area (Å²) in [5.41, 5.74) is -0.234. The Bertz CT molecular complexity index is 578. The van der Waals surface area contributed by atoms with E-state index in [9.17, 15) is 13.2 Å². The van der Waals surface area contributed by atoms with Crippen LogP contribution in [0.5, 0.6) is 0 Å². The fraction of sp³-hybridized carbons (Fsp3) is 0.600. The molecular formula is C10H15N3O4S. The van der Waals surface area contributed by atoms with Gasteiger partial charge in [-0.15, -0.1) is 0 Å². The molecule has 0 spiro atoms. The zero-order valence-electron chi connectivity index (χ0n) is 10.1. The molecule has 0 bridgehead atoms. The quantitative estimate of drug-likeness (QED) is 0.723. The average Bonchev–Trinajstić information content (AvgIpc) is 2.87. The molecule has 1 aromatic rings. The standard InChI is InChI=1S/C10H15N3O4S/c1-3-6-4-7(6)13-18(16,17)9-5(2)11-12-8(9)10(14)15/h6-7,13H,3-4H2,1-2H3,(H,11,12)(H,14,15). The molecule has 0 aromatic carbocycles. The van der Waals surface area contributed by atoms with Gasteiger partial charge in [-0.1, -0.05) is 13.3 Å². The minimum Gasteiger partial charge on any atom is -0.476 e. The van der Waals surface area contributed by atoms with Gasteiger partial charge in [-0.05, 0) is 19.3 Å². The summed E-state index contributed by atoms with van der Waals surface area (Å²) in [7, 11) is -3.83. The van der Waals surface area contributed by atoms with Crippen molar-refractivity contribution in [3.05, 3.63) is 11.4 Å². The topological polar surface area (TPSA) is 112 Å². The number of hydrogen-bond donors (Lipinski definition) is 3. The van der Waals surface area contributed by atoms with Gasteiger partial charge < -0.3 is 5.11 Å². The number of aromatic carboxylic acids is 1. The predicted molar refractivity (Wildman–Crippen MR) is 62.8 cm³/mol. The number of nitrogens with zero attached hydrogens (tertiary/aromatic N) is 1. The molecule has 1 aliphatic carbocycles. The average molecular weight is 273 g/mol. The van der Waals surface area contributed by atoms with Crippen LogP contribution in [0.2, 0.25) is 0 Å². The molecule has 2 rings (SSSR count). The van der Waals surface area contributed by atoms with E-state index in [2.05, 4.69) is 14.9 Å². The first-order valence-corrected chi connectivity index (χ1v) is 7.15. The maximum atomic E-state index is 12.1. The largest absolute Gasteiger partial charge is 0.476 e. The maximum absolute atomic E-state index is 12.1. The third-order valence-electron chi connectivity index (χ3n) is 3.12. The summed E-state index contributed by atoms with van der Waals surface area (Å²) in [6, 6.07) is -0.0871. The fourth-order valence-corrected chi connectivity index (χ4v) is 3.64. The monoisotopic (exact) mass is 273 g/mol. The SMILES string of the molecule is CCC1CC1NS(=O)(=O)c1c(C(=O)O)n[nH]c1C. The third kappa shape index (κ3) is 2.25. The number of H-pyrrole nitrogens is 1. The van der Waals surface area contributed by atoms with Crippen molar-refractivity contribution < 1.29 is 18.3 Å². The summed E-state index contributed by atoms with van der Waals surface area (Å²) in [4.78, 5) is 10.7. The minimum absolute atomic E-state index is 0.0871. The normalized spacial score (nSPS) is 23.0. The second-order valence-electron chi connectivity index (χ2n) is 4.46. The van der Waals surface area contributed by atoms with Crippen LogP contribution in [0.3, 0.4) is 0 Å². The lowest BCUT2D eigenvalue weighted by Crippen LogP contribution is -2.28. The Morgan fingerprint density at radius 3 is 2.78 bits per heavy atom. The van der Waals surface area contributed by atoms with Gasteiger partial charge in [0.2, 0.25) is 10.0 Å². The zero-order valence-corrected chi connectivity index (χ0v) is 10.9. The Morgan fingerprint density at radius 2 is 2.28 bits per heavy atom. The minimum atomic E-state index is -3.83. The number of carbonyl (C=O) groups is 1. The van der Waals surface area contributed by atoms with Crippen molar-refractivity contribution in [1.82, 2.24) is 14.9 Å². The lowest BCUT2D eigenvalue weighted by molar-refractivity contribution is 0.0686. The van der Waals surface area contributed by atoms with E-state index in [1.807, 2.05) is 6.92 Å². The van der Waals surface area contributed by atoms with E-state index in [0.717, 1.165) is 12.8 Å². The van der Waals surface area contributed by atoms with Gasteiger partial charge in [0.15, 0.2) is 5.69 Å². The lowest BCUT2D eigenvalue weighted by Gasteiger charge is -2.05. The van der Waals surface area contributed by atoms with Gasteiger partial charge in [-0.3, -0.25) is 5.10 Å². The highest BCUT2D eigenvalue weighted by Gasteiger charge is 2.40. The van der Waals surface area contributed by atoms with Gasteiger partial charge >= 0.3 is 5.97 Å². The van der Waals surface area contributed by atoms with Crippen LogP contribution in [0.1, 0.15) is 35.9 Å². The van der Waals surface area contributed by atoms with Gasteiger partial charge in [-0.2, -0.15) is 5.10 Å². The first-order valence-electron chi connectivity index (χ1n) is 5.67. The smallest absolute Gasteiger partial charge is 0.357 e. The van der Waals surface area contributed by atoms with Crippen molar-refractivity contribution in [2.24, 2.45) is 5.92 Å². The molecule has 0 aliphatic heterocycles. The molecule has 2 atom stereocenters. The number of aromatic amines is 1. The number of sulfonamides is 1. The molecule has 0 radical (unpaired) electrons. The van der Waals surface area contributed by atoms with Crippen molar-refractivity contribution in [2.75, 3.05) is 0 Å². The number of aromatic nitrogens is 2. The highest BCUT2D eigenvalue weighted by Crippen LogP contribution is 2.34. The van der Waals surface area contributed by atoms with E-state index >= 15 is 0 Å². The van der Waals surface area contributed by atoms with Crippen LogP contribution < -0.4 is 4.72 Å². The van der Waals surface area contributed by atoms with Crippen molar-refractivity contribution in [2.45, 2.75) is 37.6 Å². The van der Waals surface area contributed by atoms with Crippen molar-refractivity contribution >= 4 is 16.0 Å². The molecule has 2 unspecified atom stereocenters. The van der Waals surface area contributed by atoms with Crippen LogP contribution in [0, 0.1) is 12.8 Å². The molecule has 100 valence electrons. The number of nitrogens with one attached hydrogen (secondary N) is 2. The first-order chi connectivity index (χ1) is 8.36. The summed E-state index contributed by atoms with van der Waals surface area (Å²) in [5.74, 6) is -1.01. The van der Waals surface area contributed by atoms with E-state index in [4.69, 9.17) is 5.11 Å². The Balaban J connectivity index is 2.30. The molecule has 1 fully saturated rings. The predicted octanol–water partition coefficient (Wildman–Crippen LogP) is 0.493. The highest BCUT2D eigenvalue weighted by molar-refractivity contribution is 7.89. The molecule has 18 heavy (non-hydrogen) atoms. The summed E-state index contributed by atoms with van der Waals surface area (Å²) in [6.45, 7) is 3.48. The van der Waals surface area contributed by atoms with Crippen LogP contribution in [-0.4, -0.2) is 35.7 Å². The van der Waals surface area contributed by atoms with Gasteiger partial charge in [-0.25, -0.2) is 17.9 Å². The molecule has 1 saturated carbocycles. The highest BCUT2D eigenvalue weighted by atomic mass is 32.2. The summed E-state index contributed by atoms with van der Waals surface area (Å²) in [5, 5.41) is 14.8. The van der Waals surface area contributed by atoms with Gasteiger partial charge in [0.25, 0.3) is 0 Å². The number of hydrogen-bond acceptors (Lipinski definition) is 4. The van der Waals surface area contributed by atoms with E-state index in [-0.39, 0.29) is 16.6 Å². The van der Waals surface area contributed by atoms with Crippen LogP contribution in [0.15, 0.2) is 4.90 Å². The van der Waals surface area contributed by atoms with Gasteiger partial charge in [0.05, 0.1) is 5.69 Å². The number of carboxylic acid groups (broad SMARTS) is 1. The van der Waals surface area contributed by atoms with Crippen LogP contribution >= 0.6 is 0 Å². The lowest BCUT2D eigenvalue weighted by atomic mass is 10.3. The van der Waals surface area contributed by atoms with Gasteiger partial charge in [0, 0.05) is 6.04 Å². The summed E-state index contributed by atoms with van der Waals surface area (Å²) >= 11 is 0. The second kappa shape index (κ2) is 4.36. The number of carboxylic acids is 1. The fourth-order valence-electron chi connectivity index (χ4n) is 1.99. The maximum Gasteiger partial charge on any atom is 0.357 e. The first kappa shape index (κ1) is 13.0. The Morgan fingerprint density at radius 1 is 1.61 bits per heavy atom. The van der Waals surface area contributed by atoms with Crippen molar-refractivity contribution in [3.63, 3.8) is 0 Å². The Kier molecular flexibility index (Phi) is 3.16. The van der Waals surface area contributed by atoms with E-state index in [0.29, 0.717) is 5.92 Å². The van der Waals surface area contributed by atoms with E-state index in [1.54, 1.807) is 0 Å². The third-order valence-corrected chi connectivity index (χ3v) is 4.77. The van der Waals surface area contributed by atoms with Crippen LogP contribution in [0.25, 0.3) is 0 Å². The molecular weight excluding hydrogens is 258 g/mol. The second-order valence-corrected chi connectivity index (χ2v) is 6.11. The summed E-state index contributed by atoms with van der Waals surface area (Å²) in [6.07, 6.45) is 1.71. The molecule has 1 aliphatic rings. The molecule has 8 heteroatoms. The van der Waals surface area contributed by atoms with Crippen molar-refractivity contribution in [1.29, 1.82) is 0 Å². The van der Waals surface area contributed by atoms with Gasteiger partial charge in [0.1, 0.15) is 4.90 Å². The Hall–Kier alpha value is -1.41. The molecule has 0 amide bonds. The zero-order chi connectivity index (χ0) is 13.5. The van der Waals surface area contributed by atoms with Crippen LogP contribution in [-0.2, 0) is 10.0 Å². The number of aryl methyl sites for hydroxylation is 1. The van der Waals surface area contributed by atoms with E-state index < -0.39 is 21.7 Å². The Labute approximate surface area is 105 Å². The number of rotatable bonds is 5. The molecule has 1 heterocycles. The molecule has 0 saturated heterocycles. The molecule has 3 N–H and O–H groups in total. The van der Waals surface area contributed by atoms with Crippen LogP contribution in [0.4, 0.5) is 0 Å². The van der Waals surface area contributed by atoms with E-state index in [1.165, 1.54) is 6.92 Å².